The first-order valence-electron chi connectivity index (χ1n) is 10.4. The second-order valence-electron chi connectivity index (χ2n) is 7.73. The lowest BCUT2D eigenvalue weighted by atomic mass is 10.2. The zero-order valence-corrected chi connectivity index (χ0v) is 19.3. The Kier molecular flexibility index (Phi) is 8.19. The van der Waals surface area contributed by atoms with Crippen LogP contribution >= 0.6 is 0 Å². The summed E-state index contributed by atoms with van der Waals surface area (Å²) in [5, 5.41) is 0. The largest absolute Gasteiger partial charge is 0.379 e. The van der Waals surface area contributed by atoms with Crippen molar-refractivity contribution >= 4 is 16.0 Å². The van der Waals surface area contributed by atoms with E-state index in [0.717, 1.165) is 35.4 Å². The summed E-state index contributed by atoms with van der Waals surface area (Å²) in [5.74, 6) is -0.551. The van der Waals surface area contributed by atoms with Gasteiger partial charge in [0.2, 0.25) is 5.91 Å². The molecule has 0 aromatic heterocycles. The molecule has 0 heterocycles. The van der Waals surface area contributed by atoms with E-state index in [-0.39, 0.29) is 29.2 Å². The van der Waals surface area contributed by atoms with Gasteiger partial charge >= 0.3 is 10.1 Å². The van der Waals surface area contributed by atoms with E-state index in [9.17, 15) is 17.6 Å². The fourth-order valence-corrected chi connectivity index (χ4v) is 4.03. The van der Waals surface area contributed by atoms with Crippen LogP contribution in [-0.2, 0) is 32.8 Å². The smallest absolute Gasteiger partial charge is 0.339 e. The summed E-state index contributed by atoms with van der Waals surface area (Å²) in [6.07, 6.45) is 0. The molecule has 6 nitrogen and oxygen atoms in total. The first-order chi connectivity index (χ1) is 15.7. The van der Waals surface area contributed by atoms with Gasteiger partial charge in [0.25, 0.3) is 0 Å². The molecule has 0 saturated carbocycles. The average Bonchev–Trinajstić information content (AvgIpc) is 2.79. The molecule has 0 N–H and O–H groups in total. The normalized spacial score (nSPS) is 11.4. The number of hydrogen-bond acceptors (Lipinski definition) is 5. The Morgan fingerprint density at radius 3 is 2.15 bits per heavy atom. The highest BCUT2D eigenvalue weighted by atomic mass is 32.2. The van der Waals surface area contributed by atoms with Crippen LogP contribution in [0.15, 0.2) is 83.8 Å². The SMILES string of the molecule is CC(C)N(Cc1ccc(OS(=O)(=O)c2ccc(F)cc2)cc1)C(=O)COCc1ccccc1. The molecule has 33 heavy (non-hydrogen) atoms. The average molecular weight is 472 g/mol. The van der Waals surface area contributed by atoms with Crippen molar-refractivity contribution in [1.82, 2.24) is 4.90 Å². The maximum absolute atomic E-state index is 13.0. The topological polar surface area (TPSA) is 72.9 Å². The fraction of sp³-hybridized carbons (Fsp3) is 0.240. The first-order valence-corrected chi connectivity index (χ1v) is 11.9. The van der Waals surface area contributed by atoms with E-state index < -0.39 is 15.9 Å². The summed E-state index contributed by atoms with van der Waals surface area (Å²) in [4.78, 5) is 14.2. The molecule has 174 valence electrons. The van der Waals surface area contributed by atoms with Gasteiger partial charge in [-0.05, 0) is 61.4 Å². The molecule has 0 fully saturated rings. The summed E-state index contributed by atoms with van der Waals surface area (Å²) >= 11 is 0. The Morgan fingerprint density at radius 1 is 0.909 bits per heavy atom. The summed E-state index contributed by atoms with van der Waals surface area (Å²) in [7, 11) is -4.07. The van der Waals surface area contributed by atoms with Crippen LogP contribution in [0, 0.1) is 5.82 Å². The number of nitrogens with zero attached hydrogens (tertiary/aromatic N) is 1. The molecule has 0 aliphatic rings. The van der Waals surface area contributed by atoms with Crippen LogP contribution in [0.25, 0.3) is 0 Å². The van der Waals surface area contributed by atoms with Crippen LogP contribution in [0.4, 0.5) is 4.39 Å². The number of carbonyl (C=O) groups is 1. The van der Waals surface area contributed by atoms with Crippen molar-refractivity contribution in [3.63, 3.8) is 0 Å². The molecular weight excluding hydrogens is 445 g/mol. The Bertz CT molecular complexity index is 1150. The van der Waals surface area contributed by atoms with E-state index in [4.69, 9.17) is 8.92 Å². The third kappa shape index (κ3) is 7.13. The molecule has 3 aromatic carbocycles. The van der Waals surface area contributed by atoms with E-state index in [1.807, 2.05) is 44.2 Å². The highest BCUT2D eigenvalue weighted by Gasteiger charge is 2.19. The summed E-state index contributed by atoms with van der Waals surface area (Å²) in [6.45, 7) is 4.50. The van der Waals surface area contributed by atoms with Gasteiger partial charge < -0.3 is 13.8 Å². The molecule has 0 unspecified atom stereocenters. The summed E-state index contributed by atoms with van der Waals surface area (Å²) in [6, 6.07) is 20.4. The molecular formula is C25H26FNO5S. The van der Waals surface area contributed by atoms with Crippen molar-refractivity contribution in [2.24, 2.45) is 0 Å². The van der Waals surface area contributed by atoms with Crippen LogP contribution in [0.3, 0.4) is 0 Å². The summed E-state index contributed by atoms with van der Waals surface area (Å²) < 4.78 is 48.4. The predicted octanol–water partition coefficient (Wildman–Crippen LogP) is 4.55. The van der Waals surface area contributed by atoms with Gasteiger partial charge in [0, 0.05) is 12.6 Å². The van der Waals surface area contributed by atoms with Crippen molar-refractivity contribution in [1.29, 1.82) is 0 Å². The second-order valence-corrected chi connectivity index (χ2v) is 9.28. The number of halogens is 1. The van der Waals surface area contributed by atoms with Crippen LogP contribution in [-0.4, -0.2) is 31.9 Å². The molecule has 3 rings (SSSR count). The van der Waals surface area contributed by atoms with Crippen molar-refractivity contribution in [3.05, 3.63) is 95.8 Å². The minimum Gasteiger partial charge on any atom is -0.379 e. The number of hydrogen-bond donors (Lipinski definition) is 0. The Hall–Kier alpha value is -3.23. The van der Waals surface area contributed by atoms with Gasteiger partial charge in [-0.3, -0.25) is 4.79 Å². The van der Waals surface area contributed by atoms with Crippen LogP contribution in [0.5, 0.6) is 5.75 Å². The third-order valence-corrected chi connectivity index (χ3v) is 6.13. The van der Waals surface area contributed by atoms with Gasteiger partial charge in [0.05, 0.1) is 6.61 Å². The minimum absolute atomic E-state index is 0.0375. The minimum atomic E-state index is -4.07. The Balaban J connectivity index is 1.59. The van der Waals surface area contributed by atoms with E-state index in [0.29, 0.717) is 13.2 Å². The Labute approximate surface area is 193 Å². The van der Waals surface area contributed by atoms with E-state index >= 15 is 0 Å². The molecule has 0 atom stereocenters. The zero-order valence-electron chi connectivity index (χ0n) is 18.5. The molecule has 3 aromatic rings. The number of amides is 1. The highest BCUT2D eigenvalue weighted by molar-refractivity contribution is 7.87. The van der Waals surface area contributed by atoms with Crippen LogP contribution in [0.2, 0.25) is 0 Å². The lowest BCUT2D eigenvalue weighted by Gasteiger charge is -2.27. The van der Waals surface area contributed by atoms with E-state index in [2.05, 4.69) is 0 Å². The maximum Gasteiger partial charge on any atom is 0.339 e. The summed E-state index contributed by atoms with van der Waals surface area (Å²) in [5.41, 5.74) is 1.80. The fourth-order valence-electron chi connectivity index (χ4n) is 3.10. The van der Waals surface area contributed by atoms with E-state index in [1.54, 1.807) is 17.0 Å². The highest BCUT2D eigenvalue weighted by Crippen LogP contribution is 2.20. The lowest BCUT2D eigenvalue weighted by Crippen LogP contribution is -2.38. The number of ether oxygens (including phenoxy) is 1. The van der Waals surface area contributed by atoms with Crippen LogP contribution < -0.4 is 4.18 Å². The number of rotatable bonds is 10. The number of benzene rings is 3. The molecule has 0 spiro atoms. The Morgan fingerprint density at radius 2 is 1.55 bits per heavy atom. The monoisotopic (exact) mass is 471 g/mol. The molecule has 0 aliphatic carbocycles. The van der Waals surface area contributed by atoms with Gasteiger partial charge in [-0.25, -0.2) is 4.39 Å². The predicted molar refractivity (Wildman–Crippen MR) is 122 cm³/mol. The third-order valence-electron chi connectivity index (χ3n) is 4.87. The van der Waals surface area contributed by atoms with E-state index in [1.165, 1.54) is 12.1 Å². The van der Waals surface area contributed by atoms with Crippen molar-refractivity contribution in [2.45, 2.75) is 37.9 Å². The van der Waals surface area contributed by atoms with Crippen molar-refractivity contribution < 1.29 is 26.5 Å². The quantitative estimate of drug-likeness (QED) is 0.406. The van der Waals surface area contributed by atoms with Crippen molar-refractivity contribution in [3.8, 4) is 5.75 Å². The molecule has 0 aliphatic heterocycles. The number of carbonyl (C=O) groups excluding carboxylic acids is 1. The van der Waals surface area contributed by atoms with Gasteiger partial charge in [-0.1, -0.05) is 42.5 Å². The van der Waals surface area contributed by atoms with Gasteiger partial charge in [0.1, 0.15) is 23.1 Å². The van der Waals surface area contributed by atoms with Crippen LogP contribution in [0.1, 0.15) is 25.0 Å². The standard InChI is InChI=1S/C25H26FNO5S/c1-19(2)27(25(28)18-31-17-21-6-4-3-5-7-21)16-20-8-12-23(13-9-20)32-33(29,30)24-14-10-22(26)11-15-24/h3-15,19H,16-18H2,1-2H3. The molecule has 0 saturated heterocycles. The van der Waals surface area contributed by atoms with Gasteiger partial charge in [-0.15, -0.1) is 0 Å². The van der Waals surface area contributed by atoms with Gasteiger partial charge in [-0.2, -0.15) is 8.42 Å². The van der Waals surface area contributed by atoms with Crippen molar-refractivity contribution in [2.75, 3.05) is 6.61 Å². The van der Waals surface area contributed by atoms with Gasteiger partial charge in [0.15, 0.2) is 0 Å². The molecule has 0 radical (unpaired) electrons. The molecule has 0 bridgehead atoms. The zero-order chi connectivity index (χ0) is 23.8. The lowest BCUT2D eigenvalue weighted by molar-refractivity contribution is -0.139. The first kappa shape index (κ1) is 24.4. The molecule has 8 heteroatoms. The molecule has 1 amide bonds. The second kappa shape index (κ2) is 11.1. The maximum atomic E-state index is 13.0.